The van der Waals surface area contributed by atoms with Crippen LogP contribution in [0.4, 0.5) is 0 Å². The molecule has 0 amide bonds. The summed E-state index contributed by atoms with van der Waals surface area (Å²) in [6, 6.07) is 8.31. The molecule has 19 heavy (non-hydrogen) atoms. The first-order valence-corrected chi connectivity index (χ1v) is 9.89. The molecule has 2 nitrogen and oxygen atoms in total. The molecule has 0 spiro atoms. The van der Waals surface area contributed by atoms with E-state index >= 15 is 0 Å². The fourth-order valence-electron chi connectivity index (χ4n) is 1.56. The van der Waals surface area contributed by atoms with Crippen LogP contribution in [0.25, 0.3) is 0 Å². The fourth-order valence-corrected chi connectivity index (χ4v) is 2.59. The SMILES string of the molecule is CC(C)(C)[Si](C)(C)Oc1ccc(CCCC=O)cc1. The molecule has 0 fully saturated rings. The van der Waals surface area contributed by atoms with Gasteiger partial charge in [-0.2, -0.15) is 0 Å². The molecule has 0 bridgehead atoms. The monoisotopic (exact) mass is 278 g/mol. The van der Waals surface area contributed by atoms with Crippen molar-refractivity contribution >= 4 is 14.6 Å². The Kier molecular flexibility index (Phi) is 5.35. The Balaban J connectivity index is 2.64. The summed E-state index contributed by atoms with van der Waals surface area (Å²) >= 11 is 0. The van der Waals surface area contributed by atoms with E-state index in [4.69, 9.17) is 4.43 Å². The quantitative estimate of drug-likeness (QED) is 0.432. The summed E-state index contributed by atoms with van der Waals surface area (Å²) in [7, 11) is -1.74. The molecule has 0 heterocycles. The maximum atomic E-state index is 10.3. The third kappa shape index (κ3) is 4.82. The highest BCUT2D eigenvalue weighted by molar-refractivity contribution is 6.74. The number of hydrogen-bond donors (Lipinski definition) is 0. The van der Waals surface area contributed by atoms with Crippen molar-refractivity contribution in [2.75, 3.05) is 0 Å². The summed E-state index contributed by atoms with van der Waals surface area (Å²) in [5.74, 6) is 0.964. The van der Waals surface area contributed by atoms with Crippen molar-refractivity contribution in [1.29, 1.82) is 0 Å². The Hall–Kier alpha value is -1.09. The lowest BCUT2D eigenvalue weighted by Gasteiger charge is -2.36. The fraction of sp³-hybridized carbons (Fsp3) is 0.562. The lowest BCUT2D eigenvalue weighted by Crippen LogP contribution is -2.43. The van der Waals surface area contributed by atoms with Gasteiger partial charge in [0.05, 0.1) is 0 Å². The first-order chi connectivity index (χ1) is 8.76. The molecule has 0 radical (unpaired) electrons. The summed E-state index contributed by atoms with van der Waals surface area (Å²) < 4.78 is 6.23. The molecule has 0 saturated carbocycles. The largest absolute Gasteiger partial charge is 0.544 e. The Morgan fingerprint density at radius 3 is 2.21 bits per heavy atom. The van der Waals surface area contributed by atoms with Crippen molar-refractivity contribution < 1.29 is 9.22 Å². The molecular weight excluding hydrogens is 252 g/mol. The second kappa shape index (κ2) is 6.37. The standard InChI is InChI=1S/C16H26O2Si/c1-16(2,3)19(4,5)18-15-11-9-14(10-12-15)8-6-7-13-17/h9-13H,6-8H2,1-5H3. The number of aryl methyl sites for hydroxylation is 1. The molecular formula is C16H26O2Si. The number of unbranched alkanes of at least 4 members (excludes halogenated alkanes) is 1. The molecule has 3 heteroatoms. The first-order valence-electron chi connectivity index (χ1n) is 6.98. The number of benzene rings is 1. The second-order valence-corrected chi connectivity index (χ2v) is 11.3. The highest BCUT2D eigenvalue weighted by Gasteiger charge is 2.38. The summed E-state index contributed by atoms with van der Waals surface area (Å²) in [6.45, 7) is 11.2. The molecule has 0 aliphatic rings. The third-order valence-electron chi connectivity index (χ3n) is 3.89. The number of carbonyl (C=O) groups is 1. The topological polar surface area (TPSA) is 26.3 Å². The van der Waals surface area contributed by atoms with Crippen molar-refractivity contribution in [2.24, 2.45) is 0 Å². The van der Waals surface area contributed by atoms with Crippen LogP contribution in [0.2, 0.25) is 18.1 Å². The third-order valence-corrected chi connectivity index (χ3v) is 8.25. The average molecular weight is 278 g/mol. The van der Waals surface area contributed by atoms with E-state index in [1.165, 1.54) is 5.56 Å². The van der Waals surface area contributed by atoms with Crippen LogP contribution in [0.1, 0.15) is 39.2 Å². The second-order valence-electron chi connectivity index (χ2n) is 6.57. The molecule has 1 aromatic carbocycles. The lowest BCUT2D eigenvalue weighted by atomic mass is 10.1. The smallest absolute Gasteiger partial charge is 0.250 e. The van der Waals surface area contributed by atoms with Gasteiger partial charge in [0.25, 0.3) is 0 Å². The van der Waals surface area contributed by atoms with E-state index in [0.29, 0.717) is 6.42 Å². The number of hydrogen-bond acceptors (Lipinski definition) is 2. The Labute approximate surface area is 118 Å². The van der Waals surface area contributed by atoms with E-state index in [0.717, 1.165) is 24.9 Å². The molecule has 1 rings (SSSR count). The van der Waals surface area contributed by atoms with E-state index in [1.807, 2.05) is 0 Å². The lowest BCUT2D eigenvalue weighted by molar-refractivity contribution is -0.107. The van der Waals surface area contributed by atoms with Crippen LogP contribution in [-0.2, 0) is 11.2 Å². The van der Waals surface area contributed by atoms with Gasteiger partial charge in [-0.05, 0) is 48.7 Å². The highest BCUT2D eigenvalue weighted by atomic mass is 28.4. The molecule has 0 unspecified atom stereocenters. The normalized spacial score (nSPS) is 12.3. The predicted molar refractivity (Wildman–Crippen MR) is 83.3 cm³/mol. The van der Waals surface area contributed by atoms with Gasteiger partial charge in [0.2, 0.25) is 8.32 Å². The van der Waals surface area contributed by atoms with Gasteiger partial charge in [-0.25, -0.2) is 0 Å². The number of carbonyl (C=O) groups excluding carboxylic acids is 1. The molecule has 0 aliphatic heterocycles. The van der Waals surface area contributed by atoms with Crippen LogP contribution in [0.3, 0.4) is 0 Å². The van der Waals surface area contributed by atoms with Crippen LogP contribution in [0.15, 0.2) is 24.3 Å². The summed E-state index contributed by atoms with van der Waals surface area (Å²) in [4.78, 5) is 10.3. The zero-order valence-electron chi connectivity index (χ0n) is 12.8. The minimum absolute atomic E-state index is 0.218. The van der Waals surface area contributed by atoms with Gasteiger partial charge >= 0.3 is 0 Å². The van der Waals surface area contributed by atoms with Crippen LogP contribution in [0, 0.1) is 0 Å². The van der Waals surface area contributed by atoms with E-state index in [-0.39, 0.29) is 5.04 Å². The van der Waals surface area contributed by atoms with Crippen molar-refractivity contribution in [1.82, 2.24) is 0 Å². The average Bonchev–Trinajstić information content (AvgIpc) is 2.30. The van der Waals surface area contributed by atoms with Crippen LogP contribution in [0.5, 0.6) is 5.75 Å². The van der Waals surface area contributed by atoms with Crippen molar-refractivity contribution in [2.45, 2.75) is 58.2 Å². The highest BCUT2D eigenvalue weighted by Crippen LogP contribution is 2.37. The summed E-state index contributed by atoms with van der Waals surface area (Å²) in [5, 5.41) is 0.218. The van der Waals surface area contributed by atoms with Crippen LogP contribution in [-0.4, -0.2) is 14.6 Å². The van der Waals surface area contributed by atoms with Gasteiger partial charge in [-0.3, -0.25) is 0 Å². The van der Waals surface area contributed by atoms with E-state index in [2.05, 4.69) is 58.1 Å². The first kappa shape index (κ1) is 16.0. The van der Waals surface area contributed by atoms with E-state index in [1.54, 1.807) is 0 Å². The summed E-state index contributed by atoms with van der Waals surface area (Å²) in [5.41, 5.74) is 1.27. The van der Waals surface area contributed by atoms with Gasteiger partial charge in [-0.1, -0.05) is 32.9 Å². The Morgan fingerprint density at radius 1 is 1.16 bits per heavy atom. The Bertz CT molecular complexity index is 402. The minimum Gasteiger partial charge on any atom is -0.544 e. The van der Waals surface area contributed by atoms with E-state index in [9.17, 15) is 4.79 Å². The maximum Gasteiger partial charge on any atom is 0.250 e. The predicted octanol–water partition coefficient (Wildman–Crippen LogP) is 4.59. The van der Waals surface area contributed by atoms with Gasteiger partial charge in [-0.15, -0.1) is 0 Å². The zero-order valence-corrected chi connectivity index (χ0v) is 13.8. The molecule has 1 aromatic rings. The maximum absolute atomic E-state index is 10.3. The summed E-state index contributed by atoms with van der Waals surface area (Å²) in [6.07, 6.45) is 3.50. The van der Waals surface area contributed by atoms with Crippen molar-refractivity contribution in [3.05, 3.63) is 29.8 Å². The van der Waals surface area contributed by atoms with Gasteiger partial charge in [0.15, 0.2) is 0 Å². The number of rotatable bonds is 6. The minimum atomic E-state index is -1.74. The van der Waals surface area contributed by atoms with Gasteiger partial charge in [0.1, 0.15) is 12.0 Å². The van der Waals surface area contributed by atoms with Crippen molar-refractivity contribution in [3.63, 3.8) is 0 Å². The van der Waals surface area contributed by atoms with Crippen LogP contribution >= 0.6 is 0 Å². The molecule has 0 aromatic heterocycles. The van der Waals surface area contributed by atoms with Gasteiger partial charge < -0.3 is 9.22 Å². The number of aldehydes is 1. The Morgan fingerprint density at radius 2 is 1.74 bits per heavy atom. The molecule has 106 valence electrons. The van der Waals surface area contributed by atoms with Crippen molar-refractivity contribution in [3.8, 4) is 5.75 Å². The van der Waals surface area contributed by atoms with Gasteiger partial charge in [0, 0.05) is 6.42 Å². The molecule has 0 N–H and O–H groups in total. The van der Waals surface area contributed by atoms with Crippen LogP contribution < -0.4 is 4.43 Å². The molecule has 0 aliphatic carbocycles. The molecule has 0 atom stereocenters. The van der Waals surface area contributed by atoms with E-state index < -0.39 is 8.32 Å². The zero-order chi connectivity index (χ0) is 14.5. The molecule has 0 saturated heterocycles.